The van der Waals surface area contributed by atoms with Gasteiger partial charge in [0.25, 0.3) is 5.91 Å². The minimum Gasteiger partial charge on any atom is -0.493 e. The van der Waals surface area contributed by atoms with Crippen LogP contribution in [-0.2, 0) is 4.79 Å². The van der Waals surface area contributed by atoms with E-state index >= 15 is 0 Å². The van der Waals surface area contributed by atoms with Crippen molar-refractivity contribution in [2.24, 2.45) is 4.99 Å². The number of nitrogens with one attached hydrogen (secondary N) is 1. The maximum absolute atomic E-state index is 12.3. The van der Waals surface area contributed by atoms with Crippen molar-refractivity contribution < 1.29 is 23.7 Å². The summed E-state index contributed by atoms with van der Waals surface area (Å²) in [6, 6.07) is 10.7. The first-order valence-corrected chi connectivity index (χ1v) is 8.15. The molecule has 0 saturated carbocycles. The van der Waals surface area contributed by atoms with Crippen molar-refractivity contribution in [3.63, 3.8) is 0 Å². The standard InChI is InChI=1S/C20H20N2O5/c1-24-15-7-5-12(10-17(15)26-3)9-14-20(23)22-19(21-14)13-6-8-16(25-2)18(11-13)27-4/h5-11H,1-4H3,(H,21,22,23)/b14-9+. The van der Waals surface area contributed by atoms with Crippen LogP contribution in [0.2, 0.25) is 0 Å². The molecule has 0 spiro atoms. The Balaban J connectivity index is 1.93. The van der Waals surface area contributed by atoms with Crippen molar-refractivity contribution in [2.45, 2.75) is 0 Å². The number of methoxy groups -OCH3 is 4. The number of carbonyl (C=O) groups is 1. The second kappa shape index (κ2) is 7.82. The lowest BCUT2D eigenvalue weighted by Crippen LogP contribution is -2.24. The third-order valence-corrected chi connectivity index (χ3v) is 4.06. The van der Waals surface area contributed by atoms with Crippen molar-refractivity contribution in [1.82, 2.24) is 5.32 Å². The molecule has 0 saturated heterocycles. The lowest BCUT2D eigenvalue weighted by Gasteiger charge is -2.09. The summed E-state index contributed by atoms with van der Waals surface area (Å²) in [5, 5.41) is 2.77. The quantitative estimate of drug-likeness (QED) is 0.793. The molecule has 0 unspecified atom stereocenters. The average molecular weight is 368 g/mol. The molecule has 1 aliphatic heterocycles. The van der Waals surface area contributed by atoms with E-state index in [0.29, 0.717) is 34.5 Å². The zero-order chi connectivity index (χ0) is 19.4. The first-order chi connectivity index (χ1) is 13.1. The molecule has 0 atom stereocenters. The van der Waals surface area contributed by atoms with E-state index in [-0.39, 0.29) is 5.91 Å². The van der Waals surface area contributed by atoms with E-state index in [4.69, 9.17) is 18.9 Å². The molecule has 7 nitrogen and oxygen atoms in total. The van der Waals surface area contributed by atoms with Gasteiger partial charge in [0.05, 0.1) is 28.4 Å². The summed E-state index contributed by atoms with van der Waals surface area (Å²) in [4.78, 5) is 16.7. The summed E-state index contributed by atoms with van der Waals surface area (Å²) in [5.41, 5.74) is 1.79. The highest BCUT2D eigenvalue weighted by Gasteiger charge is 2.22. The number of hydrogen-bond acceptors (Lipinski definition) is 6. The second-order valence-electron chi connectivity index (χ2n) is 5.63. The topological polar surface area (TPSA) is 78.4 Å². The molecule has 0 aromatic heterocycles. The number of aliphatic imine (C=N–C) groups is 1. The highest BCUT2D eigenvalue weighted by atomic mass is 16.5. The smallest absolute Gasteiger partial charge is 0.275 e. The molecule has 0 aliphatic carbocycles. The average Bonchev–Trinajstić information content (AvgIpc) is 3.07. The number of hydrogen-bond donors (Lipinski definition) is 1. The van der Waals surface area contributed by atoms with Crippen LogP contribution in [0.15, 0.2) is 47.1 Å². The molecule has 1 amide bonds. The summed E-state index contributed by atoms with van der Waals surface area (Å²) >= 11 is 0. The Bertz CT molecular complexity index is 934. The molecular weight excluding hydrogens is 348 g/mol. The molecule has 0 radical (unpaired) electrons. The van der Waals surface area contributed by atoms with Crippen LogP contribution in [0.3, 0.4) is 0 Å². The lowest BCUT2D eigenvalue weighted by molar-refractivity contribution is -0.115. The van der Waals surface area contributed by atoms with Crippen molar-refractivity contribution in [2.75, 3.05) is 28.4 Å². The fourth-order valence-electron chi connectivity index (χ4n) is 2.69. The van der Waals surface area contributed by atoms with E-state index in [0.717, 1.165) is 11.1 Å². The molecule has 1 N–H and O–H groups in total. The number of ether oxygens (including phenoxy) is 4. The van der Waals surface area contributed by atoms with Crippen molar-refractivity contribution in [3.05, 3.63) is 53.2 Å². The minimum atomic E-state index is -0.283. The third kappa shape index (κ3) is 3.72. The van der Waals surface area contributed by atoms with Gasteiger partial charge in [-0.05, 0) is 42.0 Å². The van der Waals surface area contributed by atoms with Gasteiger partial charge >= 0.3 is 0 Å². The van der Waals surface area contributed by atoms with Gasteiger partial charge < -0.3 is 24.3 Å². The van der Waals surface area contributed by atoms with E-state index < -0.39 is 0 Å². The number of rotatable bonds is 6. The van der Waals surface area contributed by atoms with Crippen molar-refractivity contribution >= 4 is 17.8 Å². The van der Waals surface area contributed by atoms with Crippen LogP contribution in [0.1, 0.15) is 11.1 Å². The van der Waals surface area contributed by atoms with Crippen LogP contribution in [0.5, 0.6) is 23.0 Å². The number of benzene rings is 2. The zero-order valence-electron chi connectivity index (χ0n) is 15.5. The molecule has 0 fully saturated rings. The van der Waals surface area contributed by atoms with Gasteiger partial charge in [0, 0.05) is 5.56 Å². The largest absolute Gasteiger partial charge is 0.493 e. The molecule has 140 valence electrons. The molecule has 2 aromatic carbocycles. The Kier molecular flexibility index (Phi) is 5.30. The fraction of sp³-hybridized carbons (Fsp3) is 0.200. The van der Waals surface area contributed by atoms with Crippen LogP contribution in [0.25, 0.3) is 6.08 Å². The van der Waals surface area contributed by atoms with Crippen LogP contribution in [0.4, 0.5) is 0 Å². The van der Waals surface area contributed by atoms with Crippen molar-refractivity contribution in [3.8, 4) is 23.0 Å². The maximum Gasteiger partial charge on any atom is 0.275 e. The first-order valence-electron chi connectivity index (χ1n) is 8.15. The molecule has 27 heavy (non-hydrogen) atoms. The van der Waals surface area contributed by atoms with Gasteiger partial charge in [-0.1, -0.05) is 6.07 Å². The van der Waals surface area contributed by atoms with Gasteiger partial charge in [0.1, 0.15) is 11.5 Å². The summed E-state index contributed by atoms with van der Waals surface area (Å²) < 4.78 is 21.0. The molecule has 2 aromatic rings. The fourth-order valence-corrected chi connectivity index (χ4v) is 2.69. The third-order valence-electron chi connectivity index (χ3n) is 4.06. The molecule has 1 heterocycles. The van der Waals surface area contributed by atoms with Gasteiger partial charge in [0.2, 0.25) is 0 Å². The summed E-state index contributed by atoms with van der Waals surface area (Å²) in [6.45, 7) is 0. The molecular formula is C20H20N2O5. The van der Waals surface area contributed by atoms with E-state index in [1.54, 1.807) is 64.8 Å². The highest BCUT2D eigenvalue weighted by Crippen LogP contribution is 2.30. The normalized spacial score (nSPS) is 14.6. The second-order valence-corrected chi connectivity index (χ2v) is 5.63. The Morgan fingerprint density at radius 3 is 2.04 bits per heavy atom. The maximum atomic E-state index is 12.3. The van der Waals surface area contributed by atoms with Crippen LogP contribution in [0, 0.1) is 0 Å². The Morgan fingerprint density at radius 1 is 0.815 bits per heavy atom. The highest BCUT2D eigenvalue weighted by molar-refractivity contribution is 6.19. The summed E-state index contributed by atoms with van der Waals surface area (Å²) in [7, 11) is 6.25. The lowest BCUT2D eigenvalue weighted by atomic mass is 10.1. The number of nitrogens with zero attached hydrogens (tertiary/aromatic N) is 1. The Morgan fingerprint density at radius 2 is 1.41 bits per heavy atom. The minimum absolute atomic E-state index is 0.283. The van der Waals surface area contributed by atoms with Gasteiger partial charge in [-0.3, -0.25) is 4.79 Å². The van der Waals surface area contributed by atoms with E-state index in [1.807, 2.05) is 6.07 Å². The first kappa shape index (κ1) is 18.3. The zero-order valence-corrected chi connectivity index (χ0v) is 15.5. The van der Waals surface area contributed by atoms with Gasteiger partial charge in [-0.2, -0.15) is 0 Å². The van der Waals surface area contributed by atoms with Crippen LogP contribution in [-0.4, -0.2) is 40.2 Å². The monoisotopic (exact) mass is 368 g/mol. The summed E-state index contributed by atoms with van der Waals surface area (Å²) in [5.74, 6) is 2.53. The number of amidine groups is 1. The number of carbonyl (C=O) groups excluding carboxylic acids is 1. The Labute approximate surface area is 157 Å². The van der Waals surface area contributed by atoms with Crippen molar-refractivity contribution in [1.29, 1.82) is 0 Å². The molecule has 1 aliphatic rings. The molecule has 7 heteroatoms. The Hall–Kier alpha value is -3.48. The summed E-state index contributed by atoms with van der Waals surface area (Å²) in [6.07, 6.45) is 1.69. The van der Waals surface area contributed by atoms with Gasteiger partial charge in [-0.25, -0.2) is 4.99 Å². The van der Waals surface area contributed by atoms with Crippen LogP contribution >= 0.6 is 0 Å². The van der Waals surface area contributed by atoms with Crippen LogP contribution < -0.4 is 24.3 Å². The van der Waals surface area contributed by atoms with Gasteiger partial charge in [0.15, 0.2) is 23.0 Å². The van der Waals surface area contributed by atoms with E-state index in [2.05, 4.69) is 10.3 Å². The van der Waals surface area contributed by atoms with E-state index in [1.165, 1.54) is 0 Å². The SMILES string of the molecule is COc1ccc(/C=C2/N=C(c3ccc(OC)c(OC)c3)NC2=O)cc1OC. The predicted molar refractivity (Wildman–Crippen MR) is 102 cm³/mol. The van der Waals surface area contributed by atoms with E-state index in [9.17, 15) is 4.79 Å². The predicted octanol–water partition coefficient (Wildman–Crippen LogP) is 2.64. The van der Waals surface area contributed by atoms with Gasteiger partial charge in [-0.15, -0.1) is 0 Å². The molecule has 3 rings (SSSR count). The number of amides is 1. The molecule has 0 bridgehead atoms.